The quantitative estimate of drug-likeness (QED) is 0.926. The second-order valence-electron chi connectivity index (χ2n) is 4.83. The van der Waals surface area contributed by atoms with Gasteiger partial charge in [0, 0.05) is 12.6 Å². The predicted molar refractivity (Wildman–Crippen MR) is 77.2 cm³/mol. The summed E-state index contributed by atoms with van der Waals surface area (Å²) >= 11 is 0. The van der Waals surface area contributed by atoms with Crippen LogP contribution >= 0.6 is 0 Å². The normalized spacial score (nSPS) is 18.2. The van der Waals surface area contributed by atoms with E-state index < -0.39 is 0 Å². The molecule has 1 aromatic heterocycles. The second-order valence-corrected chi connectivity index (χ2v) is 4.83. The first-order valence-electron chi connectivity index (χ1n) is 6.74. The molecule has 0 amide bonds. The Kier molecular flexibility index (Phi) is 3.56. The first-order valence-corrected chi connectivity index (χ1v) is 6.74. The van der Waals surface area contributed by atoms with Gasteiger partial charge in [-0.2, -0.15) is 0 Å². The van der Waals surface area contributed by atoms with E-state index in [2.05, 4.69) is 16.4 Å². The van der Waals surface area contributed by atoms with Crippen molar-refractivity contribution in [1.82, 2.24) is 10.3 Å². The Morgan fingerprint density at radius 3 is 2.90 bits per heavy atom. The molecule has 0 radical (unpaired) electrons. The van der Waals surface area contributed by atoms with Crippen molar-refractivity contribution in [3.63, 3.8) is 0 Å². The monoisotopic (exact) mass is 270 g/mol. The number of nitrogens with zero attached hydrogens (tertiary/aromatic N) is 1. The third-order valence-corrected chi connectivity index (χ3v) is 3.67. The van der Waals surface area contributed by atoms with Crippen molar-refractivity contribution in [1.29, 1.82) is 0 Å². The maximum atomic E-state index is 6.06. The SMILES string of the molecule is CNC(c1ncccc1OC)C1Cc2ccccc2O1. The van der Waals surface area contributed by atoms with E-state index in [4.69, 9.17) is 9.47 Å². The molecule has 104 valence electrons. The van der Waals surface area contributed by atoms with E-state index in [1.807, 2.05) is 37.4 Å². The number of hydrogen-bond acceptors (Lipinski definition) is 4. The van der Waals surface area contributed by atoms with Crippen LogP contribution < -0.4 is 14.8 Å². The van der Waals surface area contributed by atoms with Crippen molar-refractivity contribution >= 4 is 0 Å². The summed E-state index contributed by atoms with van der Waals surface area (Å²) in [6.45, 7) is 0. The molecule has 20 heavy (non-hydrogen) atoms. The van der Waals surface area contributed by atoms with E-state index in [1.54, 1.807) is 13.3 Å². The number of hydrogen-bond donors (Lipinski definition) is 1. The van der Waals surface area contributed by atoms with Gasteiger partial charge in [0.1, 0.15) is 23.3 Å². The van der Waals surface area contributed by atoms with Gasteiger partial charge in [0.25, 0.3) is 0 Å². The van der Waals surface area contributed by atoms with Gasteiger partial charge in [-0.1, -0.05) is 18.2 Å². The van der Waals surface area contributed by atoms with E-state index in [9.17, 15) is 0 Å². The lowest BCUT2D eigenvalue weighted by molar-refractivity contribution is 0.179. The van der Waals surface area contributed by atoms with E-state index in [-0.39, 0.29) is 12.1 Å². The largest absolute Gasteiger partial charge is 0.495 e. The van der Waals surface area contributed by atoms with Crippen molar-refractivity contribution in [2.45, 2.75) is 18.6 Å². The number of benzene rings is 1. The smallest absolute Gasteiger partial charge is 0.142 e. The molecular weight excluding hydrogens is 252 g/mol. The van der Waals surface area contributed by atoms with Crippen molar-refractivity contribution in [2.75, 3.05) is 14.2 Å². The molecule has 1 aliphatic rings. The Morgan fingerprint density at radius 2 is 2.15 bits per heavy atom. The Labute approximate surface area is 118 Å². The second kappa shape index (κ2) is 5.51. The molecule has 2 unspecified atom stereocenters. The molecular formula is C16H18N2O2. The van der Waals surface area contributed by atoms with Crippen molar-refractivity contribution in [2.24, 2.45) is 0 Å². The minimum absolute atomic E-state index is 0.00134. The molecule has 4 heteroatoms. The average Bonchev–Trinajstić information content (AvgIpc) is 2.92. The van der Waals surface area contributed by atoms with E-state index in [1.165, 1.54) is 5.56 Å². The number of fused-ring (bicyclic) bond motifs is 1. The maximum Gasteiger partial charge on any atom is 0.142 e. The third-order valence-electron chi connectivity index (χ3n) is 3.67. The van der Waals surface area contributed by atoms with E-state index in [0.29, 0.717) is 0 Å². The summed E-state index contributed by atoms with van der Waals surface area (Å²) in [7, 11) is 3.59. The summed E-state index contributed by atoms with van der Waals surface area (Å²) in [4.78, 5) is 4.46. The zero-order chi connectivity index (χ0) is 13.9. The van der Waals surface area contributed by atoms with Crippen LogP contribution in [0.15, 0.2) is 42.6 Å². The van der Waals surface area contributed by atoms with Crippen LogP contribution in [0, 0.1) is 0 Å². The standard InChI is InChI=1S/C16H18N2O2/c1-17-15(16-13(19-2)8-5-9-18-16)14-10-11-6-3-4-7-12(11)20-14/h3-9,14-15,17H,10H2,1-2H3. The Balaban J connectivity index is 1.89. The number of pyridine rings is 1. The first kappa shape index (κ1) is 12.9. The third kappa shape index (κ3) is 2.23. The van der Waals surface area contributed by atoms with Crippen LogP contribution in [-0.2, 0) is 6.42 Å². The number of rotatable bonds is 4. The molecule has 0 saturated carbocycles. The topological polar surface area (TPSA) is 43.4 Å². The van der Waals surface area contributed by atoms with Crippen LogP contribution in [-0.4, -0.2) is 25.2 Å². The molecule has 0 spiro atoms. The zero-order valence-corrected chi connectivity index (χ0v) is 11.7. The maximum absolute atomic E-state index is 6.06. The number of methoxy groups -OCH3 is 1. The zero-order valence-electron chi connectivity index (χ0n) is 11.7. The van der Waals surface area contributed by atoms with Crippen molar-refractivity contribution in [3.8, 4) is 11.5 Å². The molecule has 2 atom stereocenters. The molecule has 0 fully saturated rings. The number of ether oxygens (including phenoxy) is 2. The minimum Gasteiger partial charge on any atom is -0.495 e. The van der Waals surface area contributed by atoms with Crippen LogP contribution in [0.1, 0.15) is 17.3 Å². The highest BCUT2D eigenvalue weighted by Crippen LogP contribution is 2.35. The van der Waals surface area contributed by atoms with Gasteiger partial charge in [-0.3, -0.25) is 4.98 Å². The number of nitrogens with one attached hydrogen (secondary N) is 1. The summed E-state index contributed by atoms with van der Waals surface area (Å²) < 4.78 is 11.5. The summed E-state index contributed by atoms with van der Waals surface area (Å²) in [6, 6.07) is 12.0. The molecule has 1 N–H and O–H groups in total. The van der Waals surface area contributed by atoms with Gasteiger partial charge >= 0.3 is 0 Å². The Morgan fingerprint density at radius 1 is 1.30 bits per heavy atom. The van der Waals surface area contributed by atoms with Crippen molar-refractivity contribution in [3.05, 3.63) is 53.9 Å². The van der Waals surface area contributed by atoms with Gasteiger partial charge in [-0.25, -0.2) is 0 Å². The Hall–Kier alpha value is -2.07. The van der Waals surface area contributed by atoms with Crippen LogP contribution in [0.2, 0.25) is 0 Å². The van der Waals surface area contributed by atoms with Gasteiger partial charge in [-0.05, 0) is 30.8 Å². The minimum atomic E-state index is -0.00134. The highest BCUT2D eigenvalue weighted by Gasteiger charge is 2.32. The lowest BCUT2D eigenvalue weighted by Gasteiger charge is -2.23. The summed E-state index contributed by atoms with van der Waals surface area (Å²) in [5.74, 6) is 1.75. The summed E-state index contributed by atoms with van der Waals surface area (Å²) in [6.07, 6.45) is 2.69. The predicted octanol–water partition coefficient (Wildman–Crippen LogP) is 2.35. The van der Waals surface area contributed by atoms with Crippen molar-refractivity contribution < 1.29 is 9.47 Å². The van der Waals surface area contributed by atoms with Crippen LogP contribution in [0.5, 0.6) is 11.5 Å². The van der Waals surface area contributed by atoms with E-state index in [0.717, 1.165) is 23.6 Å². The fourth-order valence-corrected chi connectivity index (χ4v) is 2.70. The molecule has 0 saturated heterocycles. The molecule has 1 aromatic carbocycles. The van der Waals surface area contributed by atoms with Crippen LogP contribution in [0.4, 0.5) is 0 Å². The van der Waals surface area contributed by atoms with Gasteiger partial charge in [0.15, 0.2) is 0 Å². The van der Waals surface area contributed by atoms with Gasteiger partial charge in [-0.15, -0.1) is 0 Å². The van der Waals surface area contributed by atoms with E-state index >= 15 is 0 Å². The van der Waals surface area contributed by atoms with Gasteiger partial charge < -0.3 is 14.8 Å². The summed E-state index contributed by atoms with van der Waals surface area (Å²) in [5, 5.41) is 3.30. The number of para-hydroxylation sites is 1. The number of likely N-dealkylation sites (N-methyl/N-ethyl adjacent to an activating group) is 1. The first-order chi connectivity index (χ1) is 9.83. The summed E-state index contributed by atoms with van der Waals surface area (Å²) in [5.41, 5.74) is 2.13. The fourth-order valence-electron chi connectivity index (χ4n) is 2.70. The molecule has 0 aliphatic carbocycles. The number of aromatic nitrogens is 1. The molecule has 2 aromatic rings. The van der Waals surface area contributed by atoms with Gasteiger partial charge in [0.05, 0.1) is 13.2 Å². The lowest BCUT2D eigenvalue weighted by Crippen LogP contribution is -2.33. The molecule has 3 rings (SSSR count). The average molecular weight is 270 g/mol. The van der Waals surface area contributed by atoms with Crippen LogP contribution in [0.3, 0.4) is 0 Å². The fraction of sp³-hybridized carbons (Fsp3) is 0.312. The highest BCUT2D eigenvalue weighted by atomic mass is 16.5. The van der Waals surface area contributed by atoms with Crippen LogP contribution in [0.25, 0.3) is 0 Å². The molecule has 2 heterocycles. The molecule has 1 aliphatic heterocycles. The van der Waals surface area contributed by atoms with Gasteiger partial charge in [0.2, 0.25) is 0 Å². The highest BCUT2D eigenvalue weighted by molar-refractivity contribution is 5.39. The molecule has 0 bridgehead atoms. The Bertz CT molecular complexity index is 576. The lowest BCUT2D eigenvalue weighted by atomic mass is 10.0. The molecule has 4 nitrogen and oxygen atoms in total.